The molecule has 0 N–H and O–H groups in total. The fraction of sp³-hybridized carbons (Fsp3) is 0.278. The van der Waals surface area contributed by atoms with E-state index in [1.165, 1.54) is 6.20 Å². The van der Waals surface area contributed by atoms with Gasteiger partial charge in [0.2, 0.25) is 0 Å². The van der Waals surface area contributed by atoms with E-state index in [1.54, 1.807) is 18.2 Å². The maximum atomic E-state index is 13.4. The van der Waals surface area contributed by atoms with Crippen molar-refractivity contribution in [2.45, 2.75) is 31.1 Å². The van der Waals surface area contributed by atoms with Crippen LogP contribution in [0.25, 0.3) is 0 Å². The number of nitro benzene ring substituents is 2. The molecule has 1 aromatic carbocycles. The lowest BCUT2D eigenvalue weighted by Crippen LogP contribution is -2.46. The highest BCUT2D eigenvalue weighted by atomic mass is 16.6. The van der Waals surface area contributed by atoms with Crippen LogP contribution in [-0.2, 0) is 10.2 Å². The number of carbonyl (C=O) groups is 2. The largest absolute Gasteiger partial charge is 0.298 e. The Labute approximate surface area is 153 Å². The Bertz CT molecular complexity index is 911. The molecule has 1 heterocycles. The van der Waals surface area contributed by atoms with Gasteiger partial charge in [-0.2, -0.15) is 0 Å². The van der Waals surface area contributed by atoms with Crippen LogP contribution in [0.1, 0.15) is 41.7 Å². The predicted octanol–water partition coefficient (Wildman–Crippen LogP) is 3.16. The molecule has 0 radical (unpaired) electrons. The zero-order valence-corrected chi connectivity index (χ0v) is 14.2. The Hall–Kier alpha value is -3.49. The highest BCUT2D eigenvalue weighted by molar-refractivity contribution is 6.19. The van der Waals surface area contributed by atoms with Gasteiger partial charge in [0.1, 0.15) is 5.41 Å². The average molecular weight is 369 g/mol. The summed E-state index contributed by atoms with van der Waals surface area (Å²) in [4.78, 5) is 51.0. The third kappa shape index (κ3) is 3.19. The van der Waals surface area contributed by atoms with Crippen LogP contribution in [0.3, 0.4) is 0 Å². The number of ketones is 2. The molecule has 1 aromatic heterocycles. The summed E-state index contributed by atoms with van der Waals surface area (Å²) in [5, 5.41) is 22.3. The fourth-order valence-corrected chi connectivity index (χ4v) is 3.45. The summed E-state index contributed by atoms with van der Waals surface area (Å²) in [6, 6.07) is 7.59. The quantitative estimate of drug-likeness (QED) is 0.342. The van der Waals surface area contributed by atoms with Crippen LogP contribution in [0.5, 0.6) is 0 Å². The highest BCUT2D eigenvalue weighted by Gasteiger charge is 2.49. The number of carbonyl (C=O) groups excluding carboxylic acids is 2. The molecule has 0 spiro atoms. The smallest absolute Gasteiger partial charge is 0.277 e. The first-order chi connectivity index (χ1) is 12.9. The van der Waals surface area contributed by atoms with Gasteiger partial charge in [0.15, 0.2) is 11.6 Å². The molecule has 1 aliphatic carbocycles. The van der Waals surface area contributed by atoms with Crippen molar-refractivity contribution in [1.29, 1.82) is 0 Å². The molecule has 27 heavy (non-hydrogen) atoms. The molecule has 9 nitrogen and oxygen atoms in total. The number of nitro groups is 2. The summed E-state index contributed by atoms with van der Waals surface area (Å²) >= 11 is 0. The van der Waals surface area contributed by atoms with E-state index in [0.29, 0.717) is 12.8 Å². The van der Waals surface area contributed by atoms with Gasteiger partial charge in [-0.1, -0.05) is 12.5 Å². The molecular weight excluding hydrogens is 354 g/mol. The van der Waals surface area contributed by atoms with Crippen molar-refractivity contribution in [1.82, 2.24) is 4.98 Å². The number of aromatic nitrogens is 1. The number of pyridine rings is 1. The van der Waals surface area contributed by atoms with Crippen molar-refractivity contribution in [2.24, 2.45) is 0 Å². The molecule has 2 aromatic rings. The molecule has 0 aliphatic heterocycles. The van der Waals surface area contributed by atoms with E-state index in [2.05, 4.69) is 4.98 Å². The second-order valence-electron chi connectivity index (χ2n) is 6.33. The van der Waals surface area contributed by atoms with Crippen molar-refractivity contribution in [3.8, 4) is 0 Å². The Morgan fingerprint density at radius 2 is 1.70 bits per heavy atom. The predicted molar refractivity (Wildman–Crippen MR) is 93.5 cm³/mol. The summed E-state index contributed by atoms with van der Waals surface area (Å²) in [7, 11) is 0. The lowest BCUT2D eigenvalue weighted by molar-refractivity contribution is -0.394. The van der Waals surface area contributed by atoms with E-state index in [9.17, 15) is 29.8 Å². The number of hydrogen-bond donors (Lipinski definition) is 0. The minimum absolute atomic E-state index is 0.180. The number of nitrogens with zero attached hydrogens (tertiary/aromatic N) is 3. The molecule has 0 unspecified atom stereocenters. The van der Waals surface area contributed by atoms with E-state index < -0.39 is 32.4 Å². The van der Waals surface area contributed by atoms with Crippen molar-refractivity contribution >= 4 is 22.9 Å². The van der Waals surface area contributed by atoms with Gasteiger partial charge in [0.25, 0.3) is 11.4 Å². The van der Waals surface area contributed by atoms with Crippen LogP contribution in [0.2, 0.25) is 0 Å². The zero-order chi connectivity index (χ0) is 19.6. The standard InChI is InChI=1S/C18H15N3O6/c22-16-6-1-3-7-18(16,15-5-2-4-8-19-15)17(23)12-9-13(20(24)25)11-14(10-12)21(26)27/h2,4-5,8-11H,1,3,6-7H2/t18-/m0/s1. The van der Waals surface area contributed by atoms with E-state index >= 15 is 0 Å². The number of Topliss-reactive ketones (excluding diaryl/α,β-unsaturated/α-hetero) is 2. The highest BCUT2D eigenvalue weighted by Crippen LogP contribution is 2.39. The van der Waals surface area contributed by atoms with Gasteiger partial charge in [-0.05, 0) is 25.0 Å². The molecule has 0 saturated heterocycles. The summed E-state index contributed by atoms with van der Waals surface area (Å²) in [5.74, 6) is -1.02. The molecular formula is C18H15N3O6. The van der Waals surface area contributed by atoms with Crippen LogP contribution in [0.15, 0.2) is 42.6 Å². The first kappa shape index (κ1) is 18.3. The molecule has 0 bridgehead atoms. The molecule has 1 aliphatic rings. The van der Waals surface area contributed by atoms with E-state index in [4.69, 9.17) is 0 Å². The second-order valence-corrected chi connectivity index (χ2v) is 6.33. The molecule has 3 rings (SSSR count). The normalized spacial score (nSPS) is 19.5. The van der Waals surface area contributed by atoms with Crippen LogP contribution in [0, 0.1) is 20.2 Å². The van der Waals surface area contributed by atoms with Crippen LogP contribution in [0.4, 0.5) is 11.4 Å². The van der Waals surface area contributed by atoms with E-state index in [-0.39, 0.29) is 29.9 Å². The average Bonchev–Trinajstić information content (AvgIpc) is 2.68. The third-order valence-corrected chi connectivity index (χ3v) is 4.76. The van der Waals surface area contributed by atoms with Gasteiger partial charge in [0, 0.05) is 30.3 Å². The van der Waals surface area contributed by atoms with Crippen molar-refractivity contribution in [3.63, 3.8) is 0 Å². The summed E-state index contributed by atoms with van der Waals surface area (Å²) in [6.07, 6.45) is 3.08. The van der Waals surface area contributed by atoms with Crippen molar-refractivity contribution < 1.29 is 19.4 Å². The monoisotopic (exact) mass is 369 g/mol. The van der Waals surface area contributed by atoms with Gasteiger partial charge in [-0.3, -0.25) is 34.8 Å². The Balaban J connectivity index is 2.20. The Morgan fingerprint density at radius 1 is 1.04 bits per heavy atom. The van der Waals surface area contributed by atoms with Crippen molar-refractivity contribution in [2.75, 3.05) is 0 Å². The maximum absolute atomic E-state index is 13.4. The van der Waals surface area contributed by atoms with Gasteiger partial charge in [0.05, 0.1) is 21.6 Å². The van der Waals surface area contributed by atoms with Gasteiger partial charge in [-0.25, -0.2) is 0 Å². The van der Waals surface area contributed by atoms with Gasteiger partial charge < -0.3 is 0 Å². The van der Waals surface area contributed by atoms with Crippen LogP contribution >= 0.6 is 0 Å². The summed E-state index contributed by atoms with van der Waals surface area (Å²) in [6.45, 7) is 0. The lowest BCUT2D eigenvalue weighted by atomic mass is 9.66. The lowest BCUT2D eigenvalue weighted by Gasteiger charge is -2.33. The third-order valence-electron chi connectivity index (χ3n) is 4.76. The summed E-state index contributed by atoms with van der Waals surface area (Å²) < 4.78 is 0. The molecule has 1 fully saturated rings. The molecule has 9 heteroatoms. The molecule has 1 atom stereocenters. The number of non-ortho nitro benzene ring substituents is 2. The minimum Gasteiger partial charge on any atom is -0.298 e. The van der Waals surface area contributed by atoms with Crippen molar-refractivity contribution in [3.05, 3.63) is 74.1 Å². The zero-order valence-electron chi connectivity index (χ0n) is 14.2. The first-order valence-corrected chi connectivity index (χ1v) is 8.30. The van der Waals surface area contributed by atoms with Gasteiger partial charge in [-0.15, -0.1) is 0 Å². The Kier molecular flexibility index (Phi) is 4.76. The van der Waals surface area contributed by atoms with Crippen LogP contribution < -0.4 is 0 Å². The number of rotatable bonds is 5. The number of hydrogen-bond acceptors (Lipinski definition) is 7. The minimum atomic E-state index is -1.58. The number of benzene rings is 1. The second kappa shape index (κ2) is 7.02. The first-order valence-electron chi connectivity index (χ1n) is 8.30. The molecule has 138 valence electrons. The molecule has 0 amide bonds. The maximum Gasteiger partial charge on any atom is 0.277 e. The van der Waals surface area contributed by atoms with E-state index in [0.717, 1.165) is 18.2 Å². The summed E-state index contributed by atoms with van der Waals surface area (Å²) in [5.41, 5.74) is -2.72. The van der Waals surface area contributed by atoms with Crippen LogP contribution in [-0.4, -0.2) is 26.4 Å². The Morgan fingerprint density at radius 3 is 2.22 bits per heavy atom. The van der Waals surface area contributed by atoms with E-state index in [1.807, 2.05) is 0 Å². The topological polar surface area (TPSA) is 133 Å². The SMILES string of the molecule is O=C1CCCC[C@]1(C(=O)c1cc([N+](=O)[O-])cc([N+](=O)[O-])c1)c1ccccn1. The molecule has 1 saturated carbocycles. The fourth-order valence-electron chi connectivity index (χ4n) is 3.45. The van der Waals surface area contributed by atoms with Gasteiger partial charge >= 0.3 is 0 Å².